The predicted octanol–water partition coefficient (Wildman–Crippen LogP) is 5.64. The van der Waals surface area contributed by atoms with Crippen LogP contribution >= 0.6 is 35.0 Å². The zero-order chi connectivity index (χ0) is 18.7. The van der Waals surface area contributed by atoms with Crippen molar-refractivity contribution in [2.24, 2.45) is 0 Å². The first-order valence-corrected chi connectivity index (χ1v) is 8.93. The molecule has 0 spiro atoms. The third kappa shape index (κ3) is 4.58. The van der Waals surface area contributed by atoms with Gasteiger partial charge in [-0.2, -0.15) is 0 Å². The Morgan fingerprint density at radius 3 is 2.12 bits per heavy atom. The number of halogens is 4. The molecule has 0 bridgehead atoms. The summed E-state index contributed by atoms with van der Waals surface area (Å²) in [6, 6.07) is 11.7. The summed E-state index contributed by atoms with van der Waals surface area (Å²) in [6.45, 7) is 0. The largest absolute Gasteiger partial charge is 0.294 e. The second kappa shape index (κ2) is 8.12. The molecular weight excluding hydrogens is 401 g/mol. The lowest BCUT2D eigenvalue weighted by atomic mass is 10.0. The first kappa shape index (κ1) is 18.8. The lowest BCUT2D eigenvalue weighted by Crippen LogP contribution is -2.09. The summed E-state index contributed by atoms with van der Waals surface area (Å²) in [5.41, 5.74) is 0.111. The van der Waals surface area contributed by atoms with Crippen LogP contribution in [0.1, 0.15) is 15.9 Å². The molecule has 0 saturated carbocycles. The van der Waals surface area contributed by atoms with Crippen molar-refractivity contribution < 1.29 is 13.6 Å². The van der Waals surface area contributed by atoms with E-state index in [1.54, 1.807) is 24.3 Å². The van der Waals surface area contributed by atoms with E-state index in [9.17, 15) is 13.6 Å². The van der Waals surface area contributed by atoms with Gasteiger partial charge in [0.25, 0.3) is 0 Å². The molecule has 0 aliphatic carbocycles. The monoisotopic (exact) mass is 410 g/mol. The molecule has 0 aliphatic rings. The van der Waals surface area contributed by atoms with Gasteiger partial charge in [-0.25, -0.2) is 18.7 Å². The van der Waals surface area contributed by atoms with Gasteiger partial charge in [0.05, 0.1) is 5.56 Å². The van der Waals surface area contributed by atoms with Crippen molar-refractivity contribution in [1.82, 2.24) is 9.97 Å². The van der Waals surface area contributed by atoms with Crippen LogP contribution in [0.25, 0.3) is 0 Å². The minimum absolute atomic E-state index is 0.109. The van der Waals surface area contributed by atoms with Gasteiger partial charge in [-0.1, -0.05) is 41.4 Å². The van der Waals surface area contributed by atoms with Gasteiger partial charge in [-0.3, -0.25) is 4.79 Å². The maximum Gasteiger partial charge on any atom is 0.195 e. The number of hydrogen-bond acceptors (Lipinski definition) is 4. The molecule has 0 amide bonds. The summed E-state index contributed by atoms with van der Waals surface area (Å²) in [4.78, 5) is 21.1. The van der Waals surface area contributed by atoms with Crippen molar-refractivity contribution in [1.29, 1.82) is 0 Å². The molecule has 1 heterocycles. The molecule has 0 saturated heterocycles. The predicted molar refractivity (Wildman–Crippen MR) is 97.0 cm³/mol. The van der Waals surface area contributed by atoms with E-state index in [1.807, 2.05) is 0 Å². The Bertz CT molecular complexity index is 927. The fourth-order valence-electron chi connectivity index (χ4n) is 2.23. The van der Waals surface area contributed by atoms with Crippen molar-refractivity contribution in [3.8, 4) is 0 Å². The van der Waals surface area contributed by atoms with Gasteiger partial charge in [0.15, 0.2) is 10.9 Å². The number of carbonyl (C=O) groups is 1. The first-order valence-electron chi connectivity index (χ1n) is 7.36. The number of rotatable bonds is 5. The van der Waals surface area contributed by atoms with Gasteiger partial charge in [-0.05, 0) is 41.6 Å². The van der Waals surface area contributed by atoms with Crippen LogP contribution in [0.2, 0.25) is 10.3 Å². The van der Waals surface area contributed by atoms with Crippen LogP contribution in [0.4, 0.5) is 8.78 Å². The molecule has 26 heavy (non-hydrogen) atoms. The highest BCUT2D eigenvalue weighted by Gasteiger charge is 2.17. The molecule has 3 nitrogen and oxygen atoms in total. The minimum atomic E-state index is -0.864. The number of Topliss-reactive ketones (excluding diaryl/α,β-unsaturated/α-hetero) is 1. The zero-order valence-corrected chi connectivity index (χ0v) is 15.4. The lowest BCUT2D eigenvalue weighted by molar-refractivity contribution is 0.0985. The van der Waals surface area contributed by atoms with Crippen LogP contribution < -0.4 is 0 Å². The van der Waals surface area contributed by atoms with E-state index in [1.165, 1.54) is 23.9 Å². The van der Waals surface area contributed by atoms with Crippen molar-refractivity contribution in [2.75, 3.05) is 0 Å². The fourth-order valence-corrected chi connectivity index (χ4v) is 3.53. The molecule has 0 atom stereocenters. The highest BCUT2D eigenvalue weighted by Crippen LogP contribution is 2.27. The maximum atomic E-state index is 13.7. The molecule has 1 aromatic heterocycles. The number of ketones is 1. The molecule has 0 radical (unpaired) electrons. The van der Waals surface area contributed by atoms with E-state index < -0.39 is 23.0 Å². The van der Waals surface area contributed by atoms with E-state index in [0.717, 1.165) is 17.0 Å². The summed E-state index contributed by atoms with van der Waals surface area (Å²) < 4.78 is 27.4. The smallest absolute Gasteiger partial charge is 0.195 e. The van der Waals surface area contributed by atoms with Crippen LogP contribution in [-0.4, -0.2) is 15.8 Å². The Kier molecular flexibility index (Phi) is 5.86. The summed E-state index contributed by atoms with van der Waals surface area (Å²) >= 11 is 12.9. The number of benzene rings is 2. The number of hydrogen-bond donors (Lipinski definition) is 0. The number of aromatic nitrogens is 2. The Hall–Kier alpha value is -2.02. The van der Waals surface area contributed by atoms with Crippen LogP contribution in [0.15, 0.2) is 58.6 Å². The van der Waals surface area contributed by atoms with Gasteiger partial charge in [0, 0.05) is 17.4 Å². The fraction of sp³-hybridized carbons (Fsp3) is 0.0556. The molecular formula is C18H10Cl2F2N2OS. The molecule has 0 fully saturated rings. The Labute approximate surface area is 162 Å². The second-order valence-corrected chi connectivity index (χ2v) is 7.05. The third-order valence-electron chi connectivity index (χ3n) is 3.38. The first-order chi connectivity index (χ1) is 12.4. The van der Waals surface area contributed by atoms with Crippen molar-refractivity contribution in [3.63, 3.8) is 0 Å². The molecule has 3 rings (SSSR count). The van der Waals surface area contributed by atoms with E-state index in [4.69, 9.17) is 23.2 Å². The molecule has 132 valence electrons. The number of nitrogens with zero attached hydrogens (tertiary/aromatic N) is 2. The summed E-state index contributed by atoms with van der Waals surface area (Å²) in [6.07, 6.45) is -0.109. The third-order valence-corrected chi connectivity index (χ3v) is 4.64. The van der Waals surface area contributed by atoms with Gasteiger partial charge < -0.3 is 0 Å². The SMILES string of the molecule is O=C(Cc1ccc(Sc2nc(Cl)cc(Cl)n2)cc1)c1c(F)cccc1F. The van der Waals surface area contributed by atoms with Gasteiger partial charge in [0.1, 0.15) is 21.9 Å². The topological polar surface area (TPSA) is 42.9 Å². The van der Waals surface area contributed by atoms with E-state index in [0.29, 0.717) is 10.7 Å². The van der Waals surface area contributed by atoms with Crippen LogP contribution in [0.5, 0.6) is 0 Å². The van der Waals surface area contributed by atoms with Crippen molar-refractivity contribution >= 4 is 40.7 Å². The van der Waals surface area contributed by atoms with E-state index in [2.05, 4.69) is 9.97 Å². The molecule has 0 N–H and O–H groups in total. The van der Waals surface area contributed by atoms with E-state index >= 15 is 0 Å². The average molecular weight is 411 g/mol. The van der Waals surface area contributed by atoms with Crippen molar-refractivity contribution in [3.05, 3.63) is 81.6 Å². The van der Waals surface area contributed by atoms with E-state index in [-0.39, 0.29) is 16.7 Å². The minimum Gasteiger partial charge on any atom is -0.294 e. The highest BCUT2D eigenvalue weighted by molar-refractivity contribution is 7.99. The van der Waals surface area contributed by atoms with Gasteiger partial charge in [-0.15, -0.1) is 0 Å². The second-order valence-electron chi connectivity index (χ2n) is 5.24. The normalized spacial score (nSPS) is 10.8. The summed E-state index contributed by atoms with van der Waals surface area (Å²) in [7, 11) is 0. The molecule has 2 aromatic carbocycles. The maximum absolute atomic E-state index is 13.7. The zero-order valence-electron chi connectivity index (χ0n) is 13.0. The highest BCUT2D eigenvalue weighted by atomic mass is 35.5. The molecule has 8 heteroatoms. The standard InChI is InChI=1S/C18H10Cl2F2N2OS/c19-15-9-16(20)24-18(23-15)26-11-6-4-10(5-7-11)8-14(25)17-12(21)2-1-3-13(17)22/h1-7,9H,8H2. The average Bonchev–Trinajstić information content (AvgIpc) is 2.55. The molecule has 0 unspecified atom stereocenters. The number of carbonyl (C=O) groups excluding carboxylic acids is 1. The quantitative estimate of drug-likeness (QED) is 0.310. The molecule has 0 aliphatic heterocycles. The Morgan fingerprint density at radius 1 is 0.962 bits per heavy atom. The van der Waals surface area contributed by atoms with Gasteiger partial charge in [0.2, 0.25) is 0 Å². The summed E-state index contributed by atoms with van der Waals surface area (Å²) in [5, 5.41) is 0.864. The Balaban J connectivity index is 1.72. The van der Waals surface area contributed by atoms with Gasteiger partial charge >= 0.3 is 0 Å². The van der Waals surface area contributed by atoms with Crippen LogP contribution in [0, 0.1) is 11.6 Å². The van der Waals surface area contributed by atoms with Crippen molar-refractivity contribution in [2.45, 2.75) is 16.5 Å². The van der Waals surface area contributed by atoms with Crippen LogP contribution in [0.3, 0.4) is 0 Å². The Morgan fingerprint density at radius 2 is 1.54 bits per heavy atom. The lowest BCUT2D eigenvalue weighted by Gasteiger charge is -2.06. The summed E-state index contributed by atoms with van der Waals surface area (Å²) in [5.74, 6) is -2.35. The molecule has 3 aromatic rings. The van der Waals surface area contributed by atoms with Crippen LogP contribution in [-0.2, 0) is 6.42 Å².